The highest BCUT2D eigenvalue weighted by Crippen LogP contribution is 2.19. The third-order valence-corrected chi connectivity index (χ3v) is 1.97. The Kier molecular flexibility index (Phi) is 3.25. The molecule has 0 saturated heterocycles. The van der Waals surface area contributed by atoms with Crippen molar-refractivity contribution < 1.29 is 4.74 Å². The first-order chi connectivity index (χ1) is 6.19. The number of nitrogens with zero attached hydrogens (tertiary/aromatic N) is 1. The lowest BCUT2D eigenvalue weighted by Gasteiger charge is -2.09. The summed E-state index contributed by atoms with van der Waals surface area (Å²) in [6.45, 7) is 4.67. The first kappa shape index (κ1) is 9.99. The molecule has 0 spiro atoms. The molecule has 0 aliphatic heterocycles. The van der Waals surface area contributed by atoms with Crippen molar-refractivity contribution in [3.05, 3.63) is 23.4 Å². The molecule has 13 heavy (non-hydrogen) atoms. The summed E-state index contributed by atoms with van der Waals surface area (Å²) in [5, 5.41) is 0. The molecular formula is C10H16N2O. The summed E-state index contributed by atoms with van der Waals surface area (Å²) in [5.74, 6) is 1.06. The van der Waals surface area contributed by atoms with Gasteiger partial charge in [0.2, 0.25) is 5.88 Å². The van der Waals surface area contributed by atoms with E-state index in [1.807, 2.05) is 12.1 Å². The van der Waals surface area contributed by atoms with E-state index in [1.54, 1.807) is 7.11 Å². The van der Waals surface area contributed by atoms with Crippen LogP contribution in [0.25, 0.3) is 0 Å². The third kappa shape index (κ3) is 2.18. The molecule has 0 atom stereocenters. The van der Waals surface area contributed by atoms with Gasteiger partial charge in [-0.3, -0.25) is 0 Å². The van der Waals surface area contributed by atoms with Crippen LogP contribution in [0.15, 0.2) is 12.1 Å². The van der Waals surface area contributed by atoms with Crippen molar-refractivity contribution in [3.63, 3.8) is 0 Å². The van der Waals surface area contributed by atoms with Gasteiger partial charge in [-0.1, -0.05) is 19.9 Å². The lowest BCUT2D eigenvalue weighted by Crippen LogP contribution is -2.04. The molecule has 1 rings (SSSR count). The molecule has 72 valence electrons. The standard InChI is InChI=1S/C10H16N2O/c1-7(2)9-5-4-8(6-11)10(12-9)13-3/h4-5,7H,6,11H2,1-3H3. The number of methoxy groups -OCH3 is 1. The zero-order valence-corrected chi connectivity index (χ0v) is 8.37. The van der Waals surface area contributed by atoms with Crippen molar-refractivity contribution in [2.24, 2.45) is 5.73 Å². The fourth-order valence-corrected chi connectivity index (χ4v) is 1.14. The SMILES string of the molecule is COc1nc(C(C)C)ccc1CN. The van der Waals surface area contributed by atoms with E-state index < -0.39 is 0 Å². The number of aromatic nitrogens is 1. The first-order valence-electron chi connectivity index (χ1n) is 4.43. The smallest absolute Gasteiger partial charge is 0.217 e. The van der Waals surface area contributed by atoms with E-state index in [9.17, 15) is 0 Å². The number of hydrogen-bond acceptors (Lipinski definition) is 3. The Morgan fingerprint density at radius 2 is 2.15 bits per heavy atom. The Morgan fingerprint density at radius 1 is 1.46 bits per heavy atom. The highest BCUT2D eigenvalue weighted by Gasteiger charge is 2.06. The maximum atomic E-state index is 5.53. The molecule has 0 amide bonds. The second kappa shape index (κ2) is 4.23. The van der Waals surface area contributed by atoms with Gasteiger partial charge in [0.25, 0.3) is 0 Å². The summed E-state index contributed by atoms with van der Waals surface area (Å²) in [6.07, 6.45) is 0. The Hall–Kier alpha value is -1.09. The molecule has 0 unspecified atom stereocenters. The lowest BCUT2D eigenvalue weighted by atomic mass is 10.1. The molecule has 0 saturated carbocycles. The van der Waals surface area contributed by atoms with Gasteiger partial charge < -0.3 is 10.5 Å². The fraction of sp³-hybridized carbons (Fsp3) is 0.500. The van der Waals surface area contributed by atoms with Crippen molar-refractivity contribution in [2.75, 3.05) is 7.11 Å². The molecule has 3 nitrogen and oxygen atoms in total. The fourth-order valence-electron chi connectivity index (χ4n) is 1.14. The summed E-state index contributed by atoms with van der Waals surface area (Å²) in [5.41, 5.74) is 7.52. The van der Waals surface area contributed by atoms with Crippen molar-refractivity contribution in [3.8, 4) is 5.88 Å². The van der Waals surface area contributed by atoms with Crippen LogP contribution < -0.4 is 10.5 Å². The molecule has 1 heterocycles. The molecule has 0 radical (unpaired) electrons. The second-order valence-corrected chi connectivity index (χ2v) is 3.26. The summed E-state index contributed by atoms with van der Waals surface area (Å²) in [6, 6.07) is 3.97. The van der Waals surface area contributed by atoms with E-state index in [1.165, 1.54) is 0 Å². The predicted octanol–water partition coefficient (Wildman–Crippen LogP) is 1.67. The zero-order valence-electron chi connectivity index (χ0n) is 8.37. The van der Waals surface area contributed by atoms with Crippen molar-refractivity contribution in [1.29, 1.82) is 0 Å². The minimum atomic E-state index is 0.417. The van der Waals surface area contributed by atoms with Gasteiger partial charge in [0, 0.05) is 17.8 Å². The van der Waals surface area contributed by atoms with Gasteiger partial charge in [-0.15, -0.1) is 0 Å². The molecule has 0 fully saturated rings. The van der Waals surface area contributed by atoms with Crippen LogP contribution in [-0.2, 0) is 6.54 Å². The number of pyridine rings is 1. The maximum absolute atomic E-state index is 5.53. The predicted molar refractivity (Wildman–Crippen MR) is 52.8 cm³/mol. The average molecular weight is 180 g/mol. The van der Waals surface area contributed by atoms with Crippen molar-refractivity contribution >= 4 is 0 Å². The van der Waals surface area contributed by atoms with Crippen LogP contribution in [0.5, 0.6) is 5.88 Å². The Labute approximate surface area is 78.9 Å². The quantitative estimate of drug-likeness (QED) is 0.769. The van der Waals surface area contributed by atoms with Gasteiger partial charge >= 0.3 is 0 Å². The van der Waals surface area contributed by atoms with Gasteiger partial charge in [-0.05, 0) is 12.0 Å². The molecular weight excluding hydrogens is 164 g/mol. The molecule has 0 aliphatic rings. The lowest BCUT2D eigenvalue weighted by molar-refractivity contribution is 0.390. The number of rotatable bonds is 3. The Bertz CT molecular complexity index is 284. The second-order valence-electron chi connectivity index (χ2n) is 3.26. The zero-order chi connectivity index (χ0) is 9.84. The third-order valence-electron chi connectivity index (χ3n) is 1.97. The van der Waals surface area contributed by atoms with E-state index in [0.29, 0.717) is 18.3 Å². The van der Waals surface area contributed by atoms with Crippen LogP contribution >= 0.6 is 0 Å². The van der Waals surface area contributed by atoms with Gasteiger partial charge in [0.05, 0.1) is 7.11 Å². The topological polar surface area (TPSA) is 48.1 Å². The Balaban J connectivity index is 3.05. The molecule has 3 heteroatoms. The van der Waals surface area contributed by atoms with Crippen LogP contribution in [0.3, 0.4) is 0 Å². The van der Waals surface area contributed by atoms with Crippen LogP contribution in [0.4, 0.5) is 0 Å². The highest BCUT2D eigenvalue weighted by atomic mass is 16.5. The largest absolute Gasteiger partial charge is 0.481 e. The van der Waals surface area contributed by atoms with Gasteiger partial charge in [-0.2, -0.15) is 0 Å². The summed E-state index contributed by atoms with van der Waals surface area (Å²) in [7, 11) is 1.62. The van der Waals surface area contributed by atoms with Crippen LogP contribution in [0.1, 0.15) is 31.0 Å². The summed E-state index contributed by atoms with van der Waals surface area (Å²) in [4.78, 5) is 4.36. The number of nitrogens with two attached hydrogens (primary N) is 1. The highest BCUT2D eigenvalue weighted by molar-refractivity contribution is 5.28. The first-order valence-corrected chi connectivity index (χ1v) is 4.43. The van der Waals surface area contributed by atoms with Crippen LogP contribution in [0, 0.1) is 0 Å². The molecule has 0 aliphatic carbocycles. The summed E-state index contributed by atoms with van der Waals surface area (Å²) >= 11 is 0. The van der Waals surface area contributed by atoms with Crippen LogP contribution in [0.2, 0.25) is 0 Å². The van der Waals surface area contributed by atoms with Crippen molar-refractivity contribution in [2.45, 2.75) is 26.3 Å². The maximum Gasteiger partial charge on any atom is 0.217 e. The van der Waals surface area contributed by atoms with Gasteiger partial charge in [-0.25, -0.2) is 4.98 Å². The molecule has 0 bridgehead atoms. The molecule has 1 aromatic rings. The molecule has 2 N–H and O–H groups in total. The van der Waals surface area contributed by atoms with Crippen LogP contribution in [-0.4, -0.2) is 12.1 Å². The monoisotopic (exact) mass is 180 g/mol. The number of hydrogen-bond donors (Lipinski definition) is 1. The normalized spacial score (nSPS) is 10.5. The molecule has 1 aromatic heterocycles. The Morgan fingerprint density at radius 3 is 2.62 bits per heavy atom. The number of ether oxygens (including phenoxy) is 1. The van der Waals surface area contributed by atoms with E-state index >= 15 is 0 Å². The molecule has 0 aromatic carbocycles. The average Bonchev–Trinajstić information content (AvgIpc) is 2.16. The van der Waals surface area contributed by atoms with E-state index in [4.69, 9.17) is 10.5 Å². The van der Waals surface area contributed by atoms with Gasteiger partial charge in [0.15, 0.2) is 0 Å². The van der Waals surface area contributed by atoms with E-state index in [0.717, 1.165) is 11.3 Å². The minimum Gasteiger partial charge on any atom is -0.481 e. The minimum absolute atomic E-state index is 0.417. The van der Waals surface area contributed by atoms with E-state index in [-0.39, 0.29) is 0 Å². The van der Waals surface area contributed by atoms with E-state index in [2.05, 4.69) is 18.8 Å². The van der Waals surface area contributed by atoms with Crippen molar-refractivity contribution in [1.82, 2.24) is 4.98 Å². The van der Waals surface area contributed by atoms with Gasteiger partial charge in [0.1, 0.15) is 0 Å². The summed E-state index contributed by atoms with van der Waals surface area (Å²) < 4.78 is 5.14.